The molecule has 1 atom stereocenters. The third-order valence-corrected chi connectivity index (χ3v) is 4.10. The van der Waals surface area contributed by atoms with E-state index in [4.69, 9.17) is 4.65 Å². The normalized spacial score (nSPS) is 18.0. The van der Waals surface area contributed by atoms with Crippen molar-refractivity contribution in [3.63, 3.8) is 0 Å². The molecule has 2 N–H and O–H groups in total. The molecule has 0 radical (unpaired) electrons. The smallest absolute Gasteiger partial charge is 0.458 e. The second kappa shape index (κ2) is 8.00. The first-order valence-corrected chi connectivity index (χ1v) is 8.26. The summed E-state index contributed by atoms with van der Waals surface area (Å²) in [6, 6.07) is 17.4. The van der Waals surface area contributed by atoms with Crippen molar-refractivity contribution in [2.45, 2.75) is 25.3 Å². The van der Waals surface area contributed by atoms with Gasteiger partial charge in [-0.25, -0.2) is 0 Å². The minimum atomic E-state index is -0.693. The number of phenolic OH excluding ortho intramolecular Hbond substituents is 1. The fraction of sp³-hybridized carbons (Fsp3) is 0.200. The SMILES string of the molecule is OB1CC=C[C@@H](CC/C(=C/c2ccc(O)cc2)c2ccccc2)O1. The summed E-state index contributed by atoms with van der Waals surface area (Å²) in [6.45, 7) is 0. The zero-order valence-corrected chi connectivity index (χ0v) is 13.5. The van der Waals surface area contributed by atoms with Gasteiger partial charge in [0.2, 0.25) is 0 Å². The van der Waals surface area contributed by atoms with Crippen LogP contribution in [0.15, 0.2) is 66.7 Å². The van der Waals surface area contributed by atoms with Gasteiger partial charge in [-0.15, -0.1) is 0 Å². The molecule has 0 unspecified atom stereocenters. The Kier molecular flexibility index (Phi) is 5.52. The van der Waals surface area contributed by atoms with Crippen LogP contribution in [0, 0.1) is 0 Å². The zero-order valence-electron chi connectivity index (χ0n) is 13.5. The zero-order chi connectivity index (χ0) is 16.8. The highest BCUT2D eigenvalue weighted by atomic mass is 16.5. The maximum Gasteiger partial charge on any atom is 0.458 e. The summed E-state index contributed by atoms with van der Waals surface area (Å²) in [5.74, 6) is 0.267. The number of aromatic hydroxyl groups is 1. The van der Waals surface area contributed by atoms with Gasteiger partial charge in [-0.05, 0) is 41.7 Å². The largest absolute Gasteiger partial charge is 0.508 e. The summed E-state index contributed by atoms with van der Waals surface area (Å²) in [5.41, 5.74) is 3.43. The highest BCUT2D eigenvalue weighted by molar-refractivity contribution is 6.43. The first-order chi connectivity index (χ1) is 11.7. The molecule has 0 aliphatic carbocycles. The molecule has 24 heavy (non-hydrogen) atoms. The Morgan fingerprint density at radius 3 is 2.58 bits per heavy atom. The molecule has 4 heteroatoms. The third kappa shape index (κ3) is 4.60. The lowest BCUT2D eigenvalue weighted by molar-refractivity contribution is 0.193. The van der Waals surface area contributed by atoms with Crippen LogP contribution in [0.3, 0.4) is 0 Å². The van der Waals surface area contributed by atoms with E-state index in [2.05, 4.69) is 18.2 Å². The maximum atomic E-state index is 9.61. The van der Waals surface area contributed by atoms with Crippen LogP contribution in [0.25, 0.3) is 11.6 Å². The van der Waals surface area contributed by atoms with E-state index in [1.807, 2.05) is 42.5 Å². The van der Waals surface area contributed by atoms with Crippen LogP contribution in [0.2, 0.25) is 6.32 Å². The quantitative estimate of drug-likeness (QED) is 0.494. The summed E-state index contributed by atoms with van der Waals surface area (Å²) in [4.78, 5) is 0. The Morgan fingerprint density at radius 2 is 1.88 bits per heavy atom. The number of phenols is 1. The van der Waals surface area contributed by atoms with E-state index in [1.54, 1.807) is 12.1 Å². The van der Waals surface area contributed by atoms with Crippen molar-refractivity contribution >= 4 is 18.8 Å². The molecule has 2 aromatic rings. The minimum absolute atomic E-state index is 0.0549. The summed E-state index contributed by atoms with van der Waals surface area (Å²) < 4.78 is 5.55. The Morgan fingerprint density at radius 1 is 1.12 bits per heavy atom. The average Bonchev–Trinajstić information content (AvgIpc) is 2.61. The Balaban J connectivity index is 1.79. The van der Waals surface area contributed by atoms with Crippen LogP contribution in [-0.4, -0.2) is 23.4 Å². The van der Waals surface area contributed by atoms with Gasteiger partial charge < -0.3 is 14.8 Å². The molecule has 3 nitrogen and oxygen atoms in total. The van der Waals surface area contributed by atoms with E-state index in [1.165, 1.54) is 11.1 Å². The predicted octanol–water partition coefficient (Wildman–Crippen LogP) is 4.15. The van der Waals surface area contributed by atoms with Gasteiger partial charge in [0.1, 0.15) is 5.75 Å². The van der Waals surface area contributed by atoms with E-state index in [0.717, 1.165) is 18.4 Å². The lowest BCUT2D eigenvalue weighted by Crippen LogP contribution is -2.27. The summed E-state index contributed by atoms with van der Waals surface area (Å²) in [5, 5.41) is 19.0. The molecule has 0 aromatic heterocycles. The van der Waals surface area contributed by atoms with E-state index < -0.39 is 7.12 Å². The van der Waals surface area contributed by atoms with Crippen molar-refractivity contribution in [3.05, 3.63) is 77.9 Å². The molecule has 0 saturated heterocycles. The van der Waals surface area contributed by atoms with Crippen LogP contribution >= 0.6 is 0 Å². The topological polar surface area (TPSA) is 49.7 Å². The van der Waals surface area contributed by atoms with Crippen molar-refractivity contribution in [2.24, 2.45) is 0 Å². The molecule has 0 saturated carbocycles. The van der Waals surface area contributed by atoms with Gasteiger partial charge >= 0.3 is 7.12 Å². The Hall–Kier alpha value is -2.30. The summed E-state index contributed by atoms with van der Waals surface area (Å²) in [7, 11) is -0.693. The molecule has 0 fully saturated rings. The molecule has 1 aliphatic heterocycles. The standard InChI is InChI=1S/C20H21BO3/c22-19-11-8-16(9-12-19)15-18(17-5-2-1-3-6-17)10-13-20-7-4-14-21(23)24-20/h1-9,11-12,15,20,22-23H,10,13-14H2/b18-15-/t20-/m0/s1. The first kappa shape index (κ1) is 16.6. The van der Waals surface area contributed by atoms with Gasteiger partial charge in [0, 0.05) is 6.32 Å². The molecule has 1 heterocycles. The summed E-state index contributed by atoms with van der Waals surface area (Å²) >= 11 is 0. The number of rotatable bonds is 5. The van der Waals surface area contributed by atoms with E-state index in [9.17, 15) is 10.1 Å². The molecule has 0 spiro atoms. The number of allylic oxidation sites excluding steroid dienone is 2. The monoisotopic (exact) mass is 320 g/mol. The number of benzene rings is 2. The van der Waals surface area contributed by atoms with E-state index >= 15 is 0 Å². The molecular formula is C20H21BO3. The first-order valence-electron chi connectivity index (χ1n) is 8.26. The van der Waals surface area contributed by atoms with Gasteiger partial charge in [0.15, 0.2) is 0 Å². The molecular weight excluding hydrogens is 299 g/mol. The van der Waals surface area contributed by atoms with Crippen molar-refractivity contribution in [3.8, 4) is 5.75 Å². The van der Waals surface area contributed by atoms with Crippen molar-refractivity contribution in [2.75, 3.05) is 0 Å². The minimum Gasteiger partial charge on any atom is -0.508 e. The van der Waals surface area contributed by atoms with E-state index in [-0.39, 0.29) is 11.9 Å². The maximum absolute atomic E-state index is 9.61. The van der Waals surface area contributed by atoms with Gasteiger partial charge in [-0.2, -0.15) is 0 Å². The van der Waals surface area contributed by atoms with Crippen molar-refractivity contribution in [1.29, 1.82) is 0 Å². The molecule has 2 aromatic carbocycles. The van der Waals surface area contributed by atoms with Gasteiger partial charge in [0.25, 0.3) is 0 Å². The fourth-order valence-corrected chi connectivity index (χ4v) is 2.84. The second-order valence-electron chi connectivity index (χ2n) is 5.96. The summed E-state index contributed by atoms with van der Waals surface area (Å²) in [6.07, 6.45) is 8.29. The van der Waals surface area contributed by atoms with Crippen molar-refractivity contribution in [1.82, 2.24) is 0 Å². The third-order valence-electron chi connectivity index (χ3n) is 4.10. The Bertz CT molecular complexity index is 707. The lowest BCUT2D eigenvalue weighted by atomic mass is 9.82. The molecule has 122 valence electrons. The van der Waals surface area contributed by atoms with Crippen LogP contribution < -0.4 is 0 Å². The van der Waals surface area contributed by atoms with Gasteiger partial charge in [0.05, 0.1) is 6.10 Å². The molecule has 3 rings (SSSR count). The number of hydrogen-bond donors (Lipinski definition) is 2. The predicted molar refractivity (Wildman–Crippen MR) is 98.4 cm³/mol. The van der Waals surface area contributed by atoms with E-state index in [0.29, 0.717) is 6.32 Å². The highest BCUT2D eigenvalue weighted by Gasteiger charge is 2.20. The van der Waals surface area contributed by atoms with Crippen LogP contribution in [-0.2, 0) is 4.65 Å². The van der Waals surface area contributed by atoms with Crippen LogP contribution in [0.4, 0.5) is 0 Å². The highest BCUT2D eigenvalue weighted by Crippen LogP contribution is 2.26. The van der Waals surface area contributed by atoms with Crippen LogP contribution in [0.5, 0.6) is 5.75 Å². The average molecular weight is 320 g/mol. The fourth-order valence-electron chi connectivity index (χ4n) is 2.84. The Labute approximate surface area is 143 Å². The van der Waals surface area contributed by atoms with Crippen LogP contribution in [0.1, 0.15) is 24.0 Å². The second-order valence-corrected chi connectivity index (χ2v) is 5.96. The van der Waals surface area contributed by atoms with Crippen molar-refractivity contribution < 1.29 is 14.8 Å². The molecule has 1 aliphatic rings. The molecule has 0 bridgehead atoms. The number of hydrogen-bond acceptors (Lipinski definition) is 3. The van der Waals surface area contributed by atoms with Gasteiger partial charge in [-0.3, -0.25) is 0 Å². The molecule has 0 amide bonds. The van der Waals surface area contributed by atoms with Gasteiger partial charge in [-0.1, -0.05) is 60.7 Å². The lowest BCUT2D eigenvalue weighted by Gasteiger charge is -2.20.